The summed E-state index contributed by atoms with van der Waals surface area (Å²) in [5.74, 6) is -1.00. The molecule has 1 aliphatic rings. The lowest BCUT2D eigenvalue weighted by Gasteiger charge is -2.38. The number of carbonyl (C=O) groups is 1. The van der Waals surface area contributed by atoms with Gasteiger partial charge in [-0.3, -0.25) is 0 Å². The Balaban J connectivity index is 2.28. The van der Waals surface area contributed by atoms with Crippen LogP contribution in [0, 0.1) is 0 Å². The smallest absolute Gasteiger partial charge is 0.337 e. The molecule has 0 spiro atoms. The Labute approximate surface area is 111 Å². The van der Waals surface area contributed by atoms with Crippen LogP contribution < -0.4 is 4.90 Å². The molecule has 0 radical (unpaired) electrons. The lowest BCUT2D eigenvalue weighted by Crippen LogP contribution is -2.47. The molecule has 5 heteroatoms. The summed E-state index contributed by atoms with van der Waals surface area (Å²) in [7, 11) is 0. The first-order valence-corrected chi connectivity index (χ1v) is 6.28. The zero-order valence-corrected chi connectivity index (χ0v) is 11.1. The predicted octanol–water partition coefficient (Wildman–Crippen LogP) is 2.65. The van der Waals surface area contributed by atoms with Crippen LogP contribution in [-0.4, -0.2) is 36.4 Å². The molecule has 1 saturated heterocycles. The van der Waals surface area contributed by atoms with Crippen molar-refractivity contribution in [2.24, 2.45) is 0 Å². The molecule has 2 rings (SSSR count). The molecule has 1 aromatic carbocycles. The molecule has 0 aromatic heterocycles. The van der Waals surface area contributed by atoms with Crippen molar-refractivity contribution in [1.82, 2.24) is 0 Å². The van der Waals surface area contributed by atoms with Crippen LogP contribution in [0.3, 0.4) is 0 Å². The van der Waals surface area contributed by atoms with E-state index in [1.165, 1.54) is 0 Å². The third-order valence-corrected chi connectivity index (χ3v) is 3.44. The number of rotatable bonds is 2. The van der Waals surface area contributed by atoms with Gasteiger partial charge in [0.1, 0.15) is 0 Å². The third kappa shape index (κ3) is 2.60. The number of carboxylic acid groups (broad SMARTS) is 1. The van der Waals surface area contributed by atoms with E-state index in [0.717, 1.165) is 12.2 Å². The molecule has 1 heterocycles. The van der Waals surface area contributed by atoms with Crippen molar-refractivity contribution >= 4 is 23.3 Å². The van der Waals surface area contributed by atoms with E-state index >= 15 is 0 Å². The number of ether oxygens (including phenoxy) is 1. The Morgan fingerprint density at radius 3 is 2.83 bits per heavy atom. The summed E-state index contributed by atoms with van der Waals surface area (Å²) >= 11 is 5.99. The van der Waals surface area contributed by atoms with Crippen molar-refractivity contribution < 1.29 is 14.6 Å². The second-order valence-corrected chi connectivity index (χ2v) is 5.02. The summed E-state index contributed by atoms with van der Waals surface area (Å²) in [5.41, 5.74) is 1.07. The first-order chi connectivity index (χ1) is 8.49. The van der Waals surface area contributed by atoms with Gasteiger partial charge in [-0.05, 0) is 32.0 Å². The second-order valence-electron chi connectivity index (χ2n) is 4.61. The van der Waals surface area contributed by atoms with Gasteiger partial charge in [0, 0.05) is 18.3 Å². The minimum atomic E-state index is -1.00. The van der Waals surface area contributed by atoms with Crippen molar-refractivity contribution in [2.45, 2.75) is 26.0 Å². The molecule has 0 amide bonds. The van der Waals surface area contributed by atoms with Crippen LogP contribution in [0.4, 0.5) is 5.69 Å². The SMILES string of the molecule is CC1CN(c2ccc(C(=O)O)c(Cl)c2)C(C)CO1. The average Bonchev–Trinajstić information content (AvgIpc) is 2.31. The van der Waals surface area contributed by atoms with E-state index in [2.05, 4.69) is 11.8 Å². The Kier molecular flexibility index (Phi) is 3.78. The summed E-state index contributed by atoms with van der Waals surface area (Å²) < 4.78 is 5.57. The van der Waals surface area contributed by atoms with Gasteiger partial charge < -0.3 is 14.7 Å². The van der Waals surface area contributed by atoms with Gasteiger partial charge in [0.2, 0.25) is 0 Å². The topological polar surface area (TPSA) is 49.8 Å². The molecule has 1 fully saturated rings. The highest BCUT2D eigenvalue weighted by molar-refractivity contribution is 6.33. The molecule has 1 aromatic rings. The van der Waals surface area contributed by atoms with Crippen LogP contribution in [0.15, 0.2) is 18.2 Å². The monoisotopic (exact) mass is 269 g/mol. The maximum Gasteiger partial charge on any atom is 0.337 e. The van der Waals surface area contributed by atoms with E-state index in [1.54, 1.807) is 18.2 Å². The van der Waals surface area contributed by atoms with Crippen LogP contribution in [0.25, 0.3) is 0 Å². The summed E-state index contributed by atoms with van der Waals surface area (Å²) in [6.45, 7) is 5.54. The normalized spacial score (nSPS) is 24.1. The Morgan fingerprint density at radius 2 is 2.22 bits per heavy atom. The van der Waals surface area contributed by atoms with Crippen molar-refractivity contribution in [1.29, 1.82) is 0 Å². The highest BCUT2D eigenvalue weighted by Crippen LogP contribution is 2.27. The summed E-state index contributed by atoms with van der Waals surface area (Å²) in [6, 6.07) is 5.31. The quantitative estimate of drug-likeness (QED) is 0.897. The fourth-order valence-electron chi connectivity index (χ4n) is 2.12. The number of hydrogen-bond donors (Lipinski definition) is 1. The number of carboxylic acids is 1. The standard InChI is InChI=1S/C13H16ClNO3/c1-8-7-18-9(2)6-15(8)10-3-4-11(13(16)17)12(14)5-10/h3-5,8-9H,6-7H2,1-2H3,(H,16,17). The van der Waals surface area contributed by atoms with E-state index in [1.807, 2.05) is 6.92 Å². The van der Waals surface area contributed by atoms with Crippen LogP contribution in [-0.2, 0) is 4.74 Å². The molecule has 1 N–H and O–H groups in total. The first kappa shape index (κ1) is 13.2. The third-order valence-electron chi connectivity index (χ3n) is 3.12. The predicted molar refractivity (Wildman–Crippen MR) is 70.6 cm³/mol. The van der Waals surface area contributed by atoms with Crippen LogP contribution in [0.5, 0.6) is 0 Å². The summed E-state index contributed by atoms with van der Waals surface area (Å²) in [5, 5.41) is 9.21. The fourth-order valence-corrected chi connectivity index (χ4v) is 2.37. The van der Waals surface area contributed by atoms with Gasteiger partial charge in [-0.15, -0.1) is 0 Å². The van der Waals surface area contributed by atoms with Crippen LogP contribution >= 0.6 is 11.6 Å². The highest BCUT2D eigenvalue weighted by Gasteiger charge is 2.24. The van der Waals surface area contributed by atoms with Gasteiger partial charge >= 0.3 is 5.97 Å². The van der Waals surface area contributed by atoms with Crippen LogP contribution in [0.2, 0.25) is 5.02 Å². The number of benzene rings is 1. The number of anilines is 1. The number of nitrogens with zero attached hydrogens (tertiary/aromatic N) is 1. The van der Waals surface area contributed by atoms with E-state index in [-0.39, 0.29) is 22.7 Å². The maximum absolute atomic E-state index is 10.9. The largest absolute Gasteiger partial charge is 0.478 e. The Hall–Kier alpha value is -1.26. The summed E-state index contributed by atoms with van der Waals surface area (Å²) in [4.78, 5) is 13.1. The molecule has 18 heavy (non-hydrogen) atoms. The molecule has 0 bridgehead atoms. The number of morpholine rings is 1. The minimum Gasteiger partial charge on any atom is -0.478 e. The molecule has 2 atom stereocenters. The van der Waals surface area contributed by atoms with E-state index < -0.39 is 5.97 Å². The molecule has 4 nitrogen and oxygen atoms in total. The second kappa shape index (κ2) is 5.16. The molecule has 98 valence electrons. The zero-order valence-electron chi connectivity index (χ0n) is 10.4. The Morgan fingerprint density at radius 1 is 1.50 bits per heavy atom. The van der Waals surface area contributed by atoms with E-state index in [0.29, 0.717) is 6.61 Å². The van der Waals surface area contributed by atoms with Crippen molar-refractivity contribution in [3.8, 4) is 0 Å². The highest BCUT2D eigenvalue weighted by atomic mass is 35.5. The van der Waals surface area contributed by atoms with Gasteiger partial charge in [-0.2, -0.15) is 0 Å². The number of aromatic carboxylic acids is 1. The van der Waals surface area contributed by atoms with Crippen molar-refractivity contribution in [3.63, 3.8) is 0 Å². The maximum atomic E-state index is 10.9. The van der Waals surface area contributed by atoms with Crippen molar-refractivity contribution in [3.05, 3.63) is 28.8 Å². The molecule has 1 aliphatic heterocycles. The van der Waals surface area contributed by atoms with E-state index in [4.69, 9.17) is 21.4 Å². The van der Waals surface area contributed by atoms with E-state index in [9.17, 15) is 4.79 Å². The average molecular weight is 270 g/mol. The number of hydrogen-bond acceptors (Lipinski definition) is 3. The van der Waals surface area contributed by atoms with Crippen LogP contribution in [0.1, 0.15) is 24.2 Å². The Bertz CT molecular complexity index is 464. The van der Waals surface area contributed by atoms with Gasteiger partial charge in [-0.1, -0.05) is 11.6 Å². The van der Waals surface area contributed by atoms with Gasteiger partial charge in [0.15, 0.2) is 0 Å². The molecule has 0 saturated carbocycles. The molecule has 2 unspecified atom stereocenters. The first-order valence-electron chi connectivity index (χ1n) is 5.90. The lowest BCUT2D eigenvalue weighted by atomic mass is 10.1. The minimum absolute atomic E-state index is 0.134. The molecular formula is C13H16ClNO3. The van der Waals surface area contributed by atoms with Gasteiger partial charge in [-0.25, -0.2) is 4.79 Å². The van der Waals surface area contributed by atoms with Crippen molar-refractivity contribution in [2.75, 3.05) is 18.1 Å². The summed E-state index contributed by atoms with van der Waals surface area (Å²) in [6.07, 6.45) is 0.166. The fraction of sp³-hybridized carbons (Fsp3) is 0.462. The number of halogens is 1. The van der Waals surface area contributed by atoms with Gasteiger partial charge in [0.05, 0.1) is 23.3 Å². The lowest BCUT2D eigenvalue weighted by molar-refractivity contribution is 0.0343. The zero-order chi connectivity index (χ0) is 13.3. The molecular weight excluding hydrogens is 254 g/mol. The molecule has 0 aliphatic carbocycles. The van der Waals surface area contributed by atoms with Gasteiger partial charge in [0.25, 0.3) is 0 Å².